The average Bonchev–Trinajstić information content (AvgIpc) is 2.42. The lowest BCUT2D eigenvalue weighted by Crippen LogP contribution is -2.56. The van der Waals surface area contributed by atoms with Crippen LogP contribution in [0.5, 0.6) is 0 Å². The summed E-state index contributed by atoms with van der Waals surface area (Å²) in [4.78, 5) is 27.6. The minimum absolute atomic E-state index is 0.0299. The number of hydrogen-bond donors (Lipinski definition) is 0. The van der Waals surface area contributed by atoms with Crippen LogP contribution in [0.4, 0.5) is 0 Å². The molecule has 0 aromatic rings. The summed E-state index contributed by atoms with van der Waals surface area (Å²) in [6.07, 6.45) is 4.88. The van der Waals surface area contributed by atoms with Gasteiger partial charge in [0.25, 0.3) is 0 Å². The molecule has 0 radical (unpaired) electrons. The van der Waals surface area contributed by atoms with E-state index >= 15 is 0 Å². The Bertz CT molecular complexity index is 379. The molecule has 5 nitrogen and oxygen atoms in total. The molecule has 2 rings (SSSR count). The Morgan fingerprint density at radius 3 is 2.75 bits per heavy atom. The van der Waals surface area contributed by atoms with Crippen LogP contribution < -0.4 is 0 Å². The van der Waals surface area contributed by atoms with Crippen molar-refractivity contribution in [3.63, 3.8) is 0 Å². The van der Waals surface area contributed by atoms with E-state index in [1.807, 2.05) is 11.8 Å². The van der Waals surface area contributed by atoms with Crippen LogP contribution in [0.3, 0.4) is 0 Å². The lowest BCUT2D eigenvalue weighted by Gasteiger charge is -2.44. The molecule has 20 heavy (non-hydrogen) atoms. The minimum Gasteiger partial charge on any atom is -0.377 e. The molecule has 0 aromatic heterocycles. The highest BCUT2D eigenvalue weighted by Crippen LogP contribution is 2.33. The first kappa shape index (κ1) is 15.0. The first-order valence-electron chi connectivity index (χ1n) is 7.46. The standard InChI is InChI=1S/C15H24N2O3/c1-3-14(18)16(4-2)10-15(19)17-8-9-20-11-13(17)12-6-5-7-12/h3,12-13H,1,4-11H2,2H3. The van der Waals surface area contributed by atoms with E-state index in [4.69, 9.17) is 4.74 Å². The third-order valence-corrected chi connectivity index (χ3v) is 4.37. The van der Waals surface area contributed by atoms with E-state index in [9.17, 15) is 9.59 Å². The number of ether oxygens (including phenoxy) is 1. The van der Waals surface area contributed by atoms with Crippen LogP contribution in [0.15, 0.2) is 12.7 Å². The van der Waals surface area contributed by atoms with E-state index in [1.165, 1.54) is 30.2 Å². The number of amides is 2. The van der Waals surface area contributed by atoms with Gasteiger partial charge >= 0.3 is 0 Å². The van der Waals surface area contributed by atoms with Crippen molar-refractivity contribution in [1.82, 2.24) is 9.80 Å². The third-order valence-electron chi connectivity index (χ3n) is 4.37. The van der Waals surface area contributed by atoms with Crippen molar-refractivity contribution in [3.05, 3.63) is 12.7 Å². The molecule has 112 valence electrons. The van der Waals surface area contributed by atoms with Crippen molar-refractivity contribution in [2.75, 3.05) is 32.8 Å². The third kappa shape index (κ3) is 3.20. The van der Waals surface area contributed by atoms with Crippen LogP contribution in [-0.4, -0.2) is 60.5 Å². The SMILES string of the molecule is C=CC(=O)N(CC)CC(=O)N1CCOCC1C1CCC1. The Labute approximate surface area is 120 Å². The average molecular weight is 280 g/mol. The molecule has 2 fully saturated rings. The van der Waals surface area contributed by atoms with Crippen molar-refractivity contribution in [2.24, 2.45) is 5.92 Å². The van der Waals surface area contributed by atoms with Gasteiger partial charge in [-0.15, -0.1) is 0 Å². The summed E-state index contributed by atoms with van der Waals surface area (Å²) >= 11 is 0. The quantitative estimate of drug-likeness (QED) is 0.707. The van der Waals surface area contributed by atoms with E-state index in [2.05, 4.69) is 6.58 Å². The van der Waals surface area contributed by atoms with Crippen LogP contribution in [0.2, 0.25) is 0 Å². The number of nitrogens with zero attached hydrogens (tertiary/aromatic N) is 2. The van der Waals surface area contributed by atoms with Crippen molar-refractivity contribution < 1.29 is 14.3 Å². The second-order valence-electron chi connectivity index (χ2n) is 5.48. The maximum absolute atomic E-state index is 12.5. The molecule has 2 aliphatic rings. The lowest BCUT2D eigenvalue weighted by atomic mass is 9.79. The van der Waals surface area contributed by atoms with Gasteiger partial charge in [-0.2, -0.15) is 0 Å². The summed E-state index contributed by atoms with van der Waals surface area (Å²) in [5, 5.41) is 0. The second-order valence-corrected chi connectivity index (χ2v) is 5.48. The van der Waals surface area contributed by atoms with E-state index < -0.39 is 0 Å². The molecule has 5 heteroatoms. The number of rotatable bonds is 5. The molecule has 1 unspecified atom stereocenters. The summed E-state index contributed by atoms with van der Waals surface area (Å²) in [5.74, 6) is 0.418. The highest BCUT2D eigenvalue weighted by Gasteiger charge is 2.36. The molecule has 1 aliphatic heterocycles. The zero-order chi connectivity index (χ0) is 14.5. The number of carbonyl (C=O) groups is 2. The summed E-state index contributed by atoms with van der Waals surface area (Å²) in [5.41, 5.74) is 0. The Morgan fingerprint density at radius 2 is 2.20 bits per heavy atom. The van der Waals surface area contributed by atoms with Gasteiger partial charge in [-0.3, -0.25) is 9.59 Å². The van der Waals surface area contributed by atoms with Crippen LogP contribution >= 0.6 is 0 Å². The summed E-state index contributed by atoms with van der Waals surface area (Å²) < 4.78 is 5.53. The fourth-order valence-electron chi connectivity index (χ4n) is 2.88. The summed E-state index contributed by atoms with van der Waals surface area (Å²) in [6, 6.07) is 0.197. The molecule has 1 saturated carbocycles. The van der Waals surface area contributed by atoms with E-state index in [1.54, 1.807) is 0 Å². The van der Waals surface area contributed by atoms with Crippen molar-refractivity contribution in [2.45, 2.75) is 32.2 Å². The van der Waals surface area contributed by atoms with Gasteiger partial charge in [0.15, 0.2) is 0 Å². The van der Waals surface area contributed by atoms with Crippen molar-refractivity contribution in [1.29, 1.82) is 0 Å². The molecule has 0 N–H and O–H groups in total. The Balaban J connectivity index is 1.97. The minimum atomic E-state index is -0.186. The van der Waals surface area contributed by atoms with Gasteiger partial charge < -0.3 is 14.5 Å². The molecule has 2 amide bonds. The topological polar surface area (TPSA) is 49.9 Å². The molecule has 1 heterocycles. The van der Waals surface area contributed by atoms with Gasteiger partial charge in [-0.05, 0) is 31.8 Å². The molecular weight excluding hydrogens is 256 g/mol. The lowest BCUT2D eigenvalue weighted by molar-refractivity contribution is -0.147. The van der Waals surface area contributed by atoms with E-state index in [0.717, 1.165) is 0 Å². The number of hydrogen-bond acceptors (Lipinski definition) is 3. The summed E-state index contributed by atoms with van der Waals surface area (Å²) in [7, 11) is 0. The highest BCUT2D eigenvalue weighted by atomic mass is 16.5. The predicted molar refractivity (Wildman–Crippen MR) is 76.1 cm³/mol. The normalized spacial score (nSPS) is 23.1. The predicted octanol–water partition coefficient (Wildman–Crippen LogP) is 1.05. The summed E-state index contributed by atoms with van der Waals surface area (Å²) in [6.45, 7) is 7.89. The smallest absolute Gasteiger partial charge is 0.246 e. The molecule has 0 bridgehead atoms. The van der Waals surface area contributed by atoms with Gasteiger partial charge in [-0.25, -0.2) is 0 Å². The fourth-order valence-corrected chi connectivity index (χ4v) is 2.88. The van der Waals surface area contributed by atoms with Crippen LogP contribution in [0.1, 0.15) is 26.2 Å². The molecule has 1 atom stereocenters. The van der Waals surface area contributed by atoms with Gasteiger partial charge in [0.2, 0.25) is 11.8 Å². The van der Waals surface area contributed by atoms with Gasteiger partial charge in [-0.1, -0.05) is 13.0 Å². The second kappa shape index (κ2) is 6.88. The largest absolute Gasteiger partial charge is 0.377 e. The molecule has 0 aromatic carbocycles. The first-order chi connectivity index (χ1) is 9.67. The Hall–Kier alpha value is -1.36. The van der Waals surface area contributed by atoms with Gasteiger partial charge in [0.05, 0.1) is 19.3 Å². The van der Waals surface area contributed by atoms with Crippen LogP contribution in [-0.2, 0) is 14.3 Å². The van der Waals surface area contributed by atoms with Crippen LogP contribution in [0, 0.1) is 5.92 Å². The number of carbonyl (C=O) groups excluding carboxylic acids is 2. The van der Waals surface area contributed by atoms with Crippen LogP contribution in [0.25, 0.3) is 0 Å². The molecule has 1 aliphatic carbocycles. The van der Waals surface area contributed by atoms with E-state index in [-0.39, 0.29) is 24.4 Å². The van der Waals surface area contributed by atoms with Gasteiger partial charge in [0.1, 0.15) is 6.54 Å². The molecule has 0 spiro atoms. The highest BCUT2D eigenvalue weighted by molar-refractivity contribution is 5.91. The number of likely N-dealkylation sites (N-methyl/N-ethyl adjacent to an activating group) is 1. The number of morpholine rings is 1. The van der Waals surface area contributed by atoms with E-state index in [0.29, 0.717) is 32.2 Å². The maximum atomic E-state index is 12.5. The monoisotopic (exact) mass is 280 g/mol. The Morgan fingerprint density at radius 1 is 1.45 bits per heavy atom. The Kier molecular flexibility index (Phi) is 5.17. The van der Waals surface area contributed by atoms with Gasteiger partial charge in [0, 0.05) is 13.1 Å². The molecule has 1 saturated heterocycles. The first-order valence-corrected chi connectivity index (χ1v) is 7.46. The van der Waals surface area contributed by atoms with Crippen molar-refractivity contribution >= 4 is 11.8 Å². The molecular formula is C15H24N2O3. The fraction of sp³-hybridized carbons (Fsp3) is 0.733. The zero-order valence-corrected chi connectivity index (χ0v) is 12.2. The zero-order valence-electron chi connectivity index (χ0n) is 12.2. The van der Waals surface area contributed by atoms with Crippen molar-refractivity contribution in [3.8, 4) is 0 Å². The maximum Gasteiger partial charge on any atom is 0.246 e.